The molecular weight excluding hydrogens is 222 g/mol. The van der Waals surface area contributed by atoms with Crippen molar-refractivity contribution < 1.29 is 9.90 Å². The van der Waals surface area contributed by atoms with E-state index in [1.807, 2.05) is 0 Å². The summed E-state index contributed by atoms with van der Waals surface area (Å²) in [4.78, 5) is 11.4. The van der Waals surface area contributed by atoms with Crippen LogP contribution in [0.15, 0.2) is 0 Å². The van der Waals surface area contributed by atoms with E-state index in [1.165, 1.54) is 0 Å². The van der Waals surface area contributed by atoms with Crippen molar-refractivity contribution in [2.24, 2.45) is 5.92 Å². The second-order valence-electron chi connectivity index (χ2n) is 5.23. The molecular formula is C12H25NO2S. The van der Waals surface area contributed by atoms with Gasteiger partial charge in [0.15, 0.2) is 0 Å². The van der Waals surface area contributed by atoms with Crippen molar-refractivity contribution in [3.63, 3.8) is 0 Å². The highest BCUT2D eigenvalue weighted by Crippen LogP contribution is 2.15. The van der Waals surface area contributed by atoms with Crippen molar-refractivity contribution in [2.75, 3.05) is 12.3 Å². The Morgan fingerprint density at radius 3 is 2.38 bits per heavy atom. The van der Waals surface area contributed by atoms with Crippen LogP contribution in [0, 0.1) is 5.92 Å². The molecule has 4 heteroatoms. The van der Waals surface area contributed by atoms with Gasteiger partial charge in [0.1, 0.15) is 0 Å². The third-order valence-electron chi connectivity index (χ3n) is 2.06. The number of carbonyl (C=O) groups excluding carboxylic acids is 1. The maximum absolute atomic E-state index is 11.4. The molecule has 0 radical (unpaired) electrons. The van der Waals surface area contributed by atoms with Crippen LogP contribution in [0.5, 0.6) is 0 Å². The van der Waals surface area contributed by atoms with E-state index in [1.54, 1.807) is 18.7 Å². The van der Waals surface area contributed by atoms with Gasteiger partial charge in [-0.2, -0.15) is 0 Å². The fourth-order valence-corrected chi connectivity index (χ4v) is 2.12. The van der Waals surface area contributed by atoms with E-state index in [0.29, 0.717) is 29.9 Å². The summed E-state index contributed by atoms with van der Waals surface area (Å²) < 4.78 is 0. The van der Waals surface area contributed by atoms with Gasteiger partial charge < -0.3 is 10.4 Å². The minimum atomic E-state index is -0.799. The first-order valence-electron chi connectivity index (χ1n) is 5.83. The van der Waals surface area contributed by atoms with Crippen LogP contribution in [0.25, 0.3) is 0 Å². The molecule has 0 aromatic rings. The third kappa shape index (κ3) is 9.04. The van der Waals surface area contributed by atoms with Gasteiger partial charge in [0, 0.05) is 6.54 Å². The van der Waals surface area contributed by atoms with E-state index >= 15 is 0 Å². The summed E-state index contributed by atoms with van der Waals surface area (Å²) in [5, 5.41) is 13.2. The Kier molecular flexibility index (Phi) is 7.07. The fraction of sp³-hybridized carbons (Fsp3) is 0.917. The summed E-state index contributed by atoms with van der Waals surface area (Å²) in [5.41, 5.74) is -0.799. The van der Waals surface area contributed by atoms with Crippen LogP contribution in [-0.4, -0.2) is 34.2 Å². The number of carbonyl (C=O) groups is 1. The first kappa shape index (κ1) is 15.8. The standard InChI is InChI=1S/C12H25NO2S/c1-9(2)6-12(5,15)8-13-11(14)7-16-10(3)4/h9-10,15H,6-8H2,1-5H3,(H,13,14). The SMILES string of the molecule is CC(C)CC(C)(O)CNC(=O)CSC(C)C. The van der Waals surface area contributed by atoms with Gasteiger partial charge in [0.05, 0.1) is 11.4 Å². The van der Waals surface area contributed by atoms with Crippen molar-refractivity contribution in [3.8, 4) is 0 Å². The highest BCUT2D eigenvalue weighted by atomic mass is 32.2. The Morgan fingerprint density at radius 2 is 1.94 bits per heavy atom. The molecule has 0 saturated carbocycles. The molecule has 2 N–H and O–H groups in total. The third-order valence-corrected chi connectivity index (χ3v) is 3.16. The summed E-state index contributed by atoms with van der Waals surface area (Å²) in [6.07, 6.45) is 0.699. The van der Waals surface area contributed by atoms with Crippen LogP contribution in [0.1, 0.15) is 41.0 Å². The summed E-state index contributed by atoms with van der Waals surface area (Å²) in [6.45, 7) is 10.3. The first-order valence-corrected chi connectivity index (χ1v) is 6.88. The van der Waals surface area contributed by atoms with Crippen molar-refractivity contribution >= 4 is 17.7 Å². The molecule has 1 amide bonds. The first-order chi connectivity index (χ1) is 7.23. The van der Waals surface area contributed by atoms with Crippen LogP contribution >= 0.6 is 11.8 Å². The zero-order valence-corrected chi connectivity index (χ0v) is 11.9. The average molecular weight is 247 g/mol. The molecule has 0 bridgehead atoms. The van der Waals surface area contributed by atoms with E-state index < -0.39 is 5.60 Å². The lowest BCUT2D eigenvalue weighted by Gasteiger charge is -2.25. The maximum atomic E-state index is 11.4. The zero-order chi connectivity index (χ0) is 12.8. The Bertz CT molecular complexity index is 215. The van der Waals surface area contributed by atoms with Gasteiger partial charge in [-0.05, 0) is 24.5 Å². The minimum Gasteiger partial charge on any atom is -0.388 e. The van der Waals surface area contributed by atoms with Crippen LogP contribution in [0.4, 0.5) is 0 Å². The molecule has 0 rings (SSSR count). The van der Waals surface area contributed by atoms with Gasteiger partial charge in [-0.25, -0.2) is 0 Å². The minimum absolute atomic E-state index is 0.00253. The second kappa shape index (κ2) is 7.17. The lowest BCUT2D eigenvalue weighted by molar-refractivity contribution is -0.119. The van der Waals surface area contributed by atoms with Crippen molar-refractivity contribution in [2.45, 2.75) is 51.9 Å². The highest BCUT2D eigenvalue weighted by molar-refractivity contribution is 8.00. The molecule has 96 valence electrons. The molecule has 0 fully saturated rings. The number of thioether (sulfide) groups is 1. The molecule has 0 aromatic heterocycles. The molecule has 0 saturated heterocycles. The molecule has 0 aliphatic heterocycles. The van der Waals surface area contributed by atoms with Gasteiger partial charge in [0.2, 0.25) is 5.91 Å². The predicted octanol–water partition coefficient (Wildman–Crippen LogP) is 2.04. The van der Waals surface area contributed by atoms with Crippen molar-refractivity contribution in [3.05, 3.63) is 0 Å². The van der Waals surface area contributed by atoms with Crippen LogP contribution < -0.4 is 5.32 Å². The van der Waals surface area contributed by atoms with E-state index in [9.17, 15) is 9.90 Å². The predicted molar refractivity (Wildman–Crippen MR) is 70.7 cm³/mol. The average Bonchev–Trinajstić information content (AvgIpc) is 2.09. The van der Waals surface area contributed by atoms with E-state index in [2.05, 4.69) is 33.0 Å². The molecule has 0 aromatic carbocycles. The molecule has 0 spiro atoms. The van der Waals surface area contributed by atoms with Gasteiger partial charge in [-0.1, -0.05) is 27.7 Å². The Labute approximate surface area is 103 Å². The molecule has 1 unspecified atom stereocenters. The number of amides is 1. The van der Waals surface area contributed by atoms with Crippen LogP contribution in [-0.2, 0) is 4.79 Å². The number of aliphatic hydroxyl groups is 1. The summed E-state index contributed by atoms with van der Waals surface area (Å²) >= 11 is 1.61. The molecule has 0 aliphatic rings. The van der Waals surface area contributed by atoms with Gasteiger partial charge in [-0.3, -0.25) is 4.79 Å². The lowest BCUT2D eigenvalue weighted by Crippen LogP contribution is -2.42. The van der Waals surface area contributed by atoms with Crippen molar-refractivity contribution in [1.82, 2.24) is 5.32 Å². The summed E-state index contributed by atoms with van der Waals surface area (Å²) in [6, 6.07) is 0. The Balaban J connectivity index is 3.81. The number of nitrogens with one attached hydrogen (secondary N) is 1. The van der Waals surface area contributed by atoms with Crippen molar-refractivity contribution in [1.29, 1.82) is 0 Å². The lowest BCUT2D eigenvalue weighted by atomic mass is 9.94. The van der Waals surface area contributed by atoms with Crippen LogP contribution in [0.3, 0.4) is 0 Å². The monoisotopic (exact) mass is 247 g/mol. The highest BCUT2D eigenvalue weighted by Gasteiger charge is 2.22. The largest absolute Gasteiger partial charge is 0.388 e. The summed E-state index contributed by atoms with van der Waals surface area (Å²) in [7, 11) is 0. The molecule has 16 heavy (non-hydrogen) atoms. The van der Waals surface area contributed by atoms with E-state index in [0.717, 1.165) is 0 Å². The second-order valence-corrected chi connectivity index (χ2v) is 6.80. The van der Waals surface area contributed by atoms with Gasteiger partial charge in [0.25, 0.3) is 0 Å². The fourth-order valence-electron chi connectivity index (χ4n) is 1.53. The van der Waals surface area contributed by atoms with E-state index in [4.69, 9.17) is 0 Å². The molecule has 0 aliphatic carbocycles. The smallest absolute Gasteiger partial charge is 0.230 e. The number of hydrogen-bond donors (Lipinski definition) is 2. The zero-order valence-electron chi connectivity index (χ0n) is 11.0. The van der Waals surface area contributed by atoms with Gasteiger partial charge in [-0.15, -0.1) is 11.8 Å². The van der Waals surface area contributed by atoms with Crippen LogP contribution in [0.2, 0.25) is 0 Å². The van der Waals surface area contributed by atoms with Gasteiger partial charge >= 0.3 is 0 Å². The molecule has 1 atom stereocenters. The normalized spacial score (nSPS) is 15.2. The number of hydrogen-bond acceptors (Lipinski definition) is 3. The van der Waals surface area contributed by atoms with E-state index in [-0.39, 0.29) is 5.91 Å². The Morgan fingerprint density at radius 1 is 1.38 bits per heavy atom. The quantitative estimate of drug-likeness (QED) is 0.724. The molecule has 3 nitrogen and oxygen atoms in total. The topological polar surface area (TPSA) is 49.3 Å². The Hall–Kier alpha value is -0.220. The molecule has 0 heterocycles. The maximum Gasteiger partial charge on any atom is 0.230 e. The number of rotatable bonds is 7. The summed E-state index contributed by atoms with van der Waals surface area (Å²) in [5.74, 6) is 0.898.